The first kappa shape index (κ1) is 23.2. The number of aromatic amines is 1. The van der Waals surface area contributed by atoms with Crippen LogP contribution in [0.1, 0.15) is 51.0 Å². The molecular weight excluding hydrogens is 409 g/mol. The number of unbranched alkanes of at least 4 members (excludes halogenated alkanes) is 1. The monoisotopic (exact) mass is 438 g/mol. The maximum atomic E-state index is 13.3. The molecule has 7 nitrogen and oxygen atoms in total. The molecule has 1 aliphatic heterocycles. The number of piperazine rings is 1. The molecular formula is C21H29F3N6O. The molecule has 0 unspecified atom stereocenters. The van der Waals surface area contributed by atoms with Gasteiger partial charge in [-0.1, -0.05) is 20.8 Å². The summed E-state index contributed by atoms with van der Waals surface area (Å²) in [6.07, 6.45) is -0.415. The summed E-state index contributed by atoms with van der Waals surface area (Å²) in [6.45, 7) is 9.08. The van der Waals surface area contributed by atoms with Gasteiger partial charge in [-0.25, -0.2) is 15.0 Å². The van der Waals surface area contributed by atoms with E-state index < -0.39 is 17.3 Å². The quantitative estimate of drug-likeness (QED) is 0.699. The van der Waals surface area contributed by atoms with Gasteiger partial charge in [0.05, 0.1) is 0 Å². The molecule has 0 bridgehead atoms. The molecule has 3 rings (SSSR count). The van der Waals surface area contributed by atoms with Crippen molar-refractivity contribution in [2.45, 2.75) is 51.6 Å². The maximum absolute atomic E-state index is 13.3. The second-order valence-corrected chi connectivity index (χ2v) is 8.85. The summed E-state index contributed by atoms with van der Waals surface area (Å²) >= 11 is 0. The SMILES string of the molecule is CC(C)(C)c1nc(N2CCN(CCCCc3nccc(=O)[nH]3)CC2)cc(C(F)(F)F)n1. The molecule has 0 aromatic carbocycles. The van der Waals surface area contributed by atoms with Gasteiger partial charge >= 0.3 is 6.18 Å². The Morgan fingerprint density at radius 1 is 1.06 bits per heavy atom. The molecule has 1 fully saturated rings. The van der Waals surface area contributed by atoms with Crippen LogP contribution in [0.5, 0.6) is 0 Å². The number of anilines is 1. The molecule has 0 amide bonds. The number of nitrogens with one attached hydrogen (secondary N) is 1. The molecule has 1 N–H and O–H groups in total. The topological polar surface area (TPSA) is 78.0 Å². The lowest BCUT2D eigenvalue weighted by Crippen LogP contribution is -2.47. The Balaban J connectivity index is 1.54. The number of hydrogen-bond acceptors (Lipinski definition) is 6. The minimum Gasteiger partial charge on any atom is -0.354 e. The number of hydrogen-bond donors (Lipinski definition) is 1. The average molecular weight is 438 g/mol. The van der Waals surface area contributed by atoms with Crippen molar-refractivity contribution >= 4 is 5.82 Å². The zero-order chi connectivity index (χ0) is 22.6. The van der Waals surface area contributed by atoms with Gasteiger partial charge in [-0.15, -0.1) is 0 Å². The summed E-state index contributed by atoms with van der Waals surface area (Å²) in [5.74, 6) is 1.23. The third kappa shape index (κ3) is 6.49. The Morgan fingerprint density at radius 3 is 2.39 bits per heavy atom. The highest BCUT2D eigenvalue weighted by Crippen LogP contribution is 2.32. The highest BCUT2D eigenvalue weighted by molar-refractivity contribution is 5.42. The smallest absolute Gasteiger partial charge is 0.354 e. The Morgan fingerprint density at radius 2 is 1.77 bits per heavy atom. The van der Waals surface area contributed by atoms with Crippen LogP contribution in [0.3, 0.4) is 0 Å². The van der Waals surface area contributed by atoms with E-state index in [1.165, 1.54) is 12.3 Å². The number of alkyl halides is 3. The van der Waals surface area contributed by atoms with E-state index in [2.05, 4.69) is 24.8 Å². The van der Waals surface area contributed by atoms with Crippen LogP contribution in [0.15, 0.2) is 23.1 Å². The van der Waals surface area contributed by atoms with Crippen molar-refractivity contribution < 1.29 is 13.2 Å². The van der Waals surface area contributed by atoms with Crippen LogP contribution in [0.2, 0.25) is 0 Å². The van der Waals surface area contributed by atoms with Crippen molar-refractivity contribution in [3.8, 4) is 0 Å². The summed E-state index contributed by atoms with van der Waals surface area (Å²) in [5.41, 5.74) is -1.61. The lowest BCUT2D eigenvalue weighted by atomic mass is 9.95. The van der Waals surface area contributed by atoms with Crippen molar-refractivity contribution in [1.29, 1.82) is 0 Å². The van der Waals surface area contributed by atoms with Crippen molar-refractivity contribution in [3.63, 3.8) is 0 Å². The Kier molecular flexibility index (Phi) is 6.98. The van der Waals surface area contributed by atoms with E-state index in [9.17, 15) is 18.0 Å². The second kappa shape index (κ2) is 9.33. The summed E-state index contributed by atoms with van der Waals surface area (Å²) in [4.78, 5) is 30.6. The highest BCUT2D eigenvalue weighted by Gasteiger charge is 2.35. The molecule has 10 heteroatoms. The predicted molar refractivity (Wildman–Crippen MR) is 112 cm³/mol. The molecule has 1 saturated heterocycles. The van der Waals surface area contributed by atoms with Gasteiger partial charge in [0.1, 0.15) is 23.2 Å². The van der Waals surface area contributed by atoms with E-state index in [0.717, 1.165) is 38.5 Å². The first-order chi connectivity index (χ1) is 14.5. The molecule has 31 heavy (non-hydrogen) atoms. The van der Waals surface area contributed by atoms with Gasteiger partial charge < -0.3 is 9.88 Å². The second-order valence-electron chi connectivity index (χ2n) is 8.85. The van der Waals surface area contributed by atoms with Gasteiger partial charge in [-0.3, -0.25) is 9.69 Å². The zero-order valence-corrected chi connectivity index (χ0v) is 18.2. The largest absolute Gasteiger partial charge is 0.433 e. The Labute approximate surface area is 179 Å². The minimum atomic E-state index is -4.50. The van der Waals surface area contributed by atoms with Crippen LogP contribution in [-0.4, -0.2) is 57.6 Å². The van der Waals surface area contributed by atoms with Gasteiger partial charge in [0.2, 0.25) is 0 Å². The van der Waals surface area contributed by atoms with Crippen molar-refractivity contribution in [1.82, 2.24) is 24.8 Å². The molecule has 0 atom stereocenters. The van der Waals surface area contributed by atoms with Crippen LogP contribution < -0.4 is 10.5 Å². The minimum absolute atomic E-state index is 0.144. The summed E-state index contributed by atoms with van der Waals surface area (Å²) in [6, 6.07) is 2.45. The molecule has 0 saturated carbocycles. The van der Waals surface area contributed by atoms with Gasteiger partial charge in [-0.05, 0) is 19.4 Å². The molecule has 0 spiro atoms. The standard InChI is InChI=1S/C21H29F3N6O/c1-20(2,3)19-26-15(21(22,23)24)14-17(28-19)30-12-10-29(11-13-30)9-5-4-6-16-25-8-7-18(31)27-16/h7-8,14H,4-6,9-13H2,1-3H3,(H,25,27,31). The normalized spacial score (nSPS) is 16.0. The highest BCUT2D eigenvalue weighted by atomic mass is 19.4. The van der Waals surface area contributed by atoms with Crippen LogP contribution in [0.4, 0.5) is 19.0 Å². The van der Waals surface area contributed by atoms with Crippen LogP contribution in [0, 0.1) is 0 Å². The van der Waals surface area contributed by atoms with E-state index in [-0.39, 0.29) is 11.4 Å². The van der Waals surface area contributed by atoms with E-state index >= 15 is 0 Å². The van der Waals surface area contributed by atoms with Crippen LogP contribution >= 0.6 is 0 Å². The first-order valence-electron chi connectivity index (χ1n) is 10.5. The summed E-state index contributed by atoms with van der Waals surface area (Å²) in [5, 5.41) is 0. The van der Waals surface area contributed by atoms with Crippen LogP contribution in [0.25, 0.3) is 0 Å². The van der Waals surface area contributed by atoms with Gasteiger partial charge in [0.15, 0.2) is 0 Å². The Bertz CT molecular complexity index is 897. The van der Waals surface area contributed by atoms with Crippen molar-refractivity contribution in [2.75, 3.05) is 37.6 Å². The zero-order valence-electron chi connectivity index (χ0n) is 18.2. The van der Waals surface area contributed by atoms with E-state index in [1.807, 2.05) is 25.7 Å². The van der Waals surface area contributed by atoms with Crippen molar-refractivity contribution in [2.24, 2.45) is 0 Å². The molecule has 0 aliphatic carbocycles. The number of halogens is 3. The summed E-state index contributed by atoms with van der Waals surface area (Å²) in [7, 11) is 0. The number of aryl methyl sites for hydroxylation is 1. The maximum Gasteiger partial charge on any atom is 0.433 e. The number of rotatable bonds is 6. The van der Waals surface area contributed by atoms with Gasteiger partial charge in [0, 0.05) is 56.3 Å². The van der Waals surface area contributed by atoms with E-state index in [1.54, 1.807) is 0 Å². The number of H-pyrrole nitrogens is 1. The van der Waals surface area contributed by atoms with Crippen molar-refractivity contribution in [3.05, 3.63) is 46.0 Å². The van der Waals surface area contributed by atoms with E-state index in [0.29, 0.717) is 31.2 Å². The van der Waals surface area contributed by atoms with E-state index in [4.69, 9.17) is 0 Å². The lowest BCUT2D eigenvalue weighted by molar-refractivity contribution is -0.141. The molecule has 0 radical (unpaired) electrons. The molecule has 1 aliphatic rings. The van der Waals surface area contributed by atoms with Gasteiger partial charge in [0.25, 0.3) is 5.56 Å². The Hall–Kier alpha value is -2.49. The third-order valence-electron chi connectivity index (χ3n) is 5.23. The number of nitrogens with zero attached hydrogens (tertiary/aromatic N) is 5. The fourth-order valence-corrected chi connectivity index (χ4v) is 3.44. The summed E-state index contributed by atoms with van der Waals surface area (Å²) < 4.78 is 40.0. The third-order valence-corrected chi connectivity index (χ3v) is 5.23. The molecule has 3 heterocycles. The average Bonchev–Trinajstić information content (AvgIpc) is 2.70. The first-order valence-corrected chi connectivity index (χ1v) is 10.5. The van der Waals surface area contributed by atoms with Gasteiger partial charge in [-0.2, -0.15) is 13.2 Å². The fourth-order valence-electron chi connectivity index (χ4n) is 3.44. The molecule has 2 aromatic rings. The number of aromatic nitrogens is 4. The fraction of sp³-hybridized carbons (Fsp3) is 0.619. The lowest BCUT2D eigenvalue weighted by Gasteiger charge is -2.36. The van der Waals surface area contributed by atoms with Crippen LogP contribution in [-0.2, 0) is 18.0 Å². The predicted octanol–water partition coefficient (Wildman–Crippen LogP) is 3.02. The molecule has 2 aromatic heterocycles. The molecule has 170 valence electrons.